The molecular weight excluding hydrogens is 412 g/mol. The molecule has 0 bridgehead atoms. The minimum Gasteiger partial charge on any atom is -0.370 e. The van der Waals surface area contributed by atoms with Crippen LogP contribution in [-0.4, -0.2) is 46.2 Å². The van der Waals surface area contributed by atoms with Crippen molar-refractivity contribution in [1.82, 2.24) is 15.6 Å². The SMILES string of the molecule is CC(C)[C@H](NC(=O)[C@@]1(N)CCc2[nH]c3ccccc3c2C1)C(=O)N[C@@H](CC(N)=O)C(N)=O. The van der Waals surface area contributed by atoms with Crippen molar-refractivity contribution in [2.24, 2.45) is 23.1 Å². The van der Waals surface area contributed by atoms with Gasteiger partial charge in [-0.25, -0.2) is 0 Å². The summed E-state index contributed by atoms with van der Waals surface area (Å²) in [5, 5.41) is 6.18. The van der Waals surface area contributed by atoms with Gasteiger partial charge in [0.25, 0.3) is 0 Å². The van der Waals surface area contributed by atoms with Crippen LogP contribution in [0, 0.1) is 5.92 Å². The lowest BCUT2D eigenvalue weighted by Gasteiger charge is -2.34. The van der Waals surface area contributed by atoms with Gasteiger partial charge in [0, 0.05) is 23.0 Å². The van der Waals surface area contributed by atoms with Crippen LogP contribution in [0.1, 0.15) is 37.9 Å². The Bertz CT molecular complexity index is 1060. The van der Waals surface area contributed by atoms with Crippen LogP contribution < -0.4 is 27.8 Å². The Balaban J connectivity index is 1.76. The third-order valence-electron chi connectivity index (χ3n) is 5.97. The summed E-state index contributed by atoms with van der Waals surface area (Å²) in [4.78, 5) is 52.1. The molecule has 0 aliphatic heterocycles. The lowest BCUT2D eigenvalue weighted by molar-refractivity contribution is -0.135. The van der Waals surface area contributed by atoms with Gasteiger partial charge >= 0.3 is 0 Å². The van der Waals surface area contributed by atoms with Crippen molar-refractivity contribution in [3.63, 3.8) is 0 Å². The van der Waals surface area contributed by atoms with Crippen molar-refractivity contribution in [3.05, 3.63) is 35.5 Å². The first-order valence-corrected chi connectivity index (χ1v) is 10.6. The van der Waals surface area contributed by atoms with Gasteiger partial charge in [-0.2, -0.15) is 0 Å². The molecule has 1 aromatic heterocycles. The number of aryl methyl sites for hydroxylation is 1. The van der Waals surface area contributed by atoms with Crippen molar-refractivity contribution in [2.45, 2.75) is 57.2 Å². The Hall–Kier alpha value is -3.40. The zero-order valence-electron chi connectivity index (χ0n) is 18.2. The molecule has 1 aromatic carbocycles. The second kappa shape index (κ2) is 8.99. The number of nitrogens with two attached hydrogens (primary N) is 3. The highest BCUT2D eigenvalue weighted by Gasteiger charge is 2.41. The lowest BCUT2D eigenvalue weighted by atomic mass is 9.79. The predicted molar refractivity (Wildman–Crippen MR) is 119 cm³/mol. The summed E-state index contributed by atoms with van der Waals surface area (Å²) in [6.07, 6.45) is 0.922. The molecule has 172 valence electrons. The molecule has 1 aliphatic carbocycles. The lowest BCUT2D eigenvalue weighted by Crippen LogP contribution is -2.62. The number of fused-ring (bicyclic) bond motifs is 3. The van der Waals surface area contributed by atoms with Crippen molar-refractivity contribution < 1.29 is 19.2 Å². The van der Waals surface area contributed by atoms with Gasteiger partial charge in [0.1, 0.15) is 12.1 Å². The standard InChI is InChI=1S/C22H30N6O4/c1-11(2)18(20(31)27-16(19(24)30)9-17(23)29)28-21(32)22(25)8-7-15-13(10-22)12-5-3-4-6-14(12)26-15/h3-6,11,16,18,26H,7-10,25H2,1-2H3,(H2,23,29)(H2,24,30)(H,27,31)(H,28,32)/t16-,18-,22+/m0/s1. The highest BCUT2D eigenvalue weighted by atomic mass is 16.2. The summed E-state index contributed by atoms with van der Waals surface area (Å²) < 4.78 is 0. The third-order valence-corrected chi connectivity index (χ3v) is 5.97. The van der Waals surface area contributed by atoms with Crippen molar-refractivity contribution >= 4 is 34.5 Å². The molecule has 4 amide bonds. The van der Waals surface area contributed by atoms with Crippen LogP contribution >= 0.6 is 0 Å². The highest BCUT2D eigenvalue weighted by Crippen LogP contribution is 2.33. The largest absolute Gasteiger partial charge is 0.370 e. The summed E-state index contributed by atoms with van der Waals surface area (Å²) >= 11 is 0. The first-order chi connectivity index (χ1) is 15.0. The Morgan fingerprint density at radius 1 is 1.12 bits per heavy atom. The zero-order chi connectivity index (χ0) is 23.6. The number of benzene rings is 1. The molecule has 0 radical (unpaired) electrons. The van der Waals surface area contributed by atoms with E-state index >= 15 is 0 Å². The number of nitrogens with one attached hydrogen (secondary N) is 3. The number of rotatable bonds is 8. The van der Waals surface area contributed by atoms with E-state index in [0.717, 1.165) is 22.2 Å². The molecule has 32 heavy (non-hydrogen) atoms. The van der Waals surface area contributed by atoms with Crippen molar-refractivity contribution in [2.75, 3.05) is 0 Å². The van der Waals surface area contributed by atoms with E-state index in [2.05, 4.69) is 15.6 Å². The minimum atomic E-state index is -1.26. The van der Waals surface area contributed by atoms with Crippen LogP contribution in [0.15, 0.2) is 24.3 Å². The molecule has 0 unspecified atom stereocenters. The molecule has 9 N–H and O–H groups in total. The number of aromatic nitrogens is 1. The normalized spacial score (nSPS) is 19.8. The molecule has 10 nitrogen and oxygen atoms in total. The summed E-state index contributed by atoms with van der Waals surface area (Å²) in [7, 11) is 0. The van der Waals surface area contributed by atoms with E-state index < -0.39 is 47.7 Å². The Kier molecular flexibility index (Phi) is 6.54. The molecule has 3 rings (SSSR count). The van der Waals surface area contributed by atoms with Crippen LogP contribution in [0.5, 0.6) is 0 Å². The zero-order valence-corrected chi connectivity index (χ0v) is 18.2. The van der Waals surface area contributed by atoms with Gasteiger partial charge in [-0.05, 0) is 30.4 Å². The number of carbonyl (C=O) groups is 4. The summed E-state index contributed by atoms with van der Waals surface area (Å²) in [6.45, 7) is 3.50. The molecule has 2 aromatic rings. The van der Waals surface area contributed by atoms with Crippen LogP contribution in [0.4, 0.5) is 0 Å². The van der Waals surface area contributed by atoms with Crippen LogP contribution in [-0.2, 0) is 32.0 Å². The molecule has 0 fully saturated rings. The quantitative estimate of drug-likeness (QED) is 0.316. The highest BCUT2D eigenvalue weighted by molar-refractivity contribution is 5.96. The van der Waals surface area contributed by atoms with E-state index in [4.69, 9.17) is 17.2 Å². The smallest absolute Gasteiger partial charge is 0.243 e. The second-order valence-corrected chi connectivity index (χ2v) is 8.79. The van der Waals surface area contributed by atoms with Gasteiger partial charge in [0.05, 0.1) is 12.0 Å². The van der Waals surface area contributed by atoms with E-state index in [1.165, 1.54) is 0 Å². The summed E-state index contributed by atoms with van der Waals surface area (Å²) in [5.74, 6) is -3.06. The van der Waals surface area contributed by atoms with Crippen LogP contribution in [0.25, 0.3) is 10.9 Å². The number of amides is 4. The van der Waals surface area contributed by atoms with Crippen LogP contribution in [0.2, 0.25) is 0 Å². The number of H-pyrrole nitrogens is 1. The molecule has 0 saturated heterocycles. The number of hydrogen-bond donors (Lipinski definition) is 6. The van der Waals surface area contributed by atoms with Gasteiger partial charge in [-0.3, -0.25) is 19.2 Å². The van der Waals surface area contributed by atoms with Gasteiger partial charge in [-0.1, -0.05) is 32.0 Å². The van der Waals surface area contributed by atoms with Crippen molar-refractivity contribution in [1.29, 1.82) is 0 Å². The molecule has 0 saturated carbocycles. The number of primary amides is 2. The second-order valence-electron chi connectivity index (χ2n) is 8.79. The third kappa shape index (κ3) is 4.75. The number of aromatic amines is 1. The topological polar surface area (TPSA) is 186 Å². The molecule has 3 atom stereocenters. The molecule has 10 heteroatoms. The number of hydrogen-bond acceptors (Lipinski definition) is 5. The Morgan fingerprint density at radius 3 is 2.44 bits per heavy atom. The fourth-order valence-electron chi connectivity index (χ4n) is 4.12. The monoisotopic (exact) mass is 442 g/mol. The number of para-hydroxylation sites is 1. The van der Waals surface area contributed by atoms with E-state index in [1.54, 1.807) is 13.8 Å². The van der Waals surface area contributed by atoms with Gasteiger partial charge in [0.2, 0.25) is 23.6 Å². The summed E-state index contributed by atoms with van der Waals surface area (Å²) in [5.41, 5.74) is 18.8. The Morgan fingerprint density at radius 2 is 1.81 bits per heavy atom. The average molecular weight is 443 g/mol. The first kappa shape index (κ1) is 23.3. The molecule has 1 aliphatic rings. The molecule has 0 spiro atoms. The maximum atomic E-state index is 13.2. The maximum Gasteiger partial charge on any atom is 0.243 e. The fourth-order valence-corrected chi connectivity index (χ4v) is 4.12. The first-order valence-electron chi connectivity index (χ1n) is 10.6. The van der Waals surface area contributed by atoms with Gasteiger partial charge < -0.3 is 32.8 Å². The van der Waals surface area contributed by atoms with Crippen LogP contribution in [0.3, 0.4) is 0 Å². The van der Waals surface area contributed by atoms with E-state index in [-0.39, 0.29) is 5.92 Å². The minimum absolute atomic E-state index is 0.308. The van der Waals surface area contributed by atoms with Crippen molar-refractivity contribution in [3.8, 4) is 0 Å². The Labute approximate surface area is 185 Å². The predicted octanol–water partition coefficient (Wildman–Crippen LogP) is -0.660. The molecular formula is C22H30N6O4. The maximum absolute atomic E-state index is 13.2. The van der Waals surface area contributed by atoms with E-state index in [9.17, 15) is 19.2 Å². The average Bonchev–Trinajstić information content (AvgIpc) is 3.08. The van der Waals surface area contributed by atoms with Gasteiger partial charge in [-0.15, -0.1) is 0 Å². The fraction of sp³-hybridized carbons (Fsp3) is 0.455. The molecule has 1 heterocycles. The number of carbonyl (C=O) groups excluding carboxylic acids is 4. The van der Waals surface area contributed by atoms with Gasteiger partial charge in [0.15, 0.2) is 0 Å². The van der Waals surface area contributed by atoms with E-state index in [1.807, 2.05) is 24.3 Å². The van der Waals surface area contributed by atoms with E-state index in [0.29, 0.717) is 19.3 Å². The summed E-state index contributed by atoms with van der Waals surface area (Å²) in [6, 6.07) is 5.61.